The summed E-state index contributed by atoms with van der Waals surface area (Å²) in [5.74, 6) is 1.52. The van der Waals surface area contributed by atoms with Gasteiger partial charge in [-0.1, -0.05) is 35.0 Å². The van der Waals surface area contributed by atoms with E-state index in [-0.39, 0.29) is 0 Å². The predicted octanol–water partition coefficient (Wildman–Crippen LogP) is 4.25. The molecule has 0 spiro atoms. The van der Waals surface area contributed by atoms with Crippen LogP contribution in [0.1, 0.15) is 35.7 Å². The lowest BCUT2D eigenvalue weighted by molar-refractivity contribution is 0.0873. The summed E-state index contributed by atoms with van der Waals surface area (Å²) >= 11 is 3.85. The number of ether oxygens (including phenoxy) is 2. The molecule has 0 N–H and O–H groups in total. The van der Waals surface area contributed by atoms with Gasteiger partial charge in [0, 0.05) is 17.4 Å². The Hall–Kier alpha value is -0.540. The molecule has 0 amide bonds. The van der Waals surface area contributed by atoms with Gasteiger partial charge in [-0.25, -0.2) is 0 Å². The molecule has 1 aliphatic heterocycles. The van der Waals surface area contributed by atoms with Crippen LogP contribution in [0.2, 0.25) is 0 Å². The highest BCUT2D eigenvalue weighted by Gasteiger charge is 2.33. The second-order valence-electron chi connectivity index (χ2n) is 4.90. The third-order valence-electron chi connectivity index (χ3n) is 3.78. The highest BCUT2D eigenvalue weighted by Crippen LogP contribution is 2.41. The van der Waals surface area contributed by atoms with Gasteiger partial charge in [0.2, 0.25) is 0 Å². The van der Waals surface area contributed by atoms with Crippen molar-refractivity contribution in [3.8, 4) is 5.75 Å². The molecule has 0 aliphatic carbocycles. The number of methoxy groups -OCH3 is 1. The molecule has 1 heterocycles. The molecule has 1 aliphatic rings. The van der Waals surface area contributed by atoms with E-state index in [2.05, 4.69) is 48.0 Å². The van der Waals surface area contributed by atoms with Gasteiger partial charge in [-0.05, 0) is 37.0 Å². The molecule has 1 fully saturated rings. The zero-order chi connectivity index (χ0) is 13.1. The first-order chi connectivity index (χ1) is 8.67. The maximum absolute atomic E-state index is 5.78. The Labute approximate surface area is 118 Å². The average molecular weight is 313 g/mol. The van der Waals surface area contributed by atoms with Gasteiger partial charge < -0.3 is 9.47 Å². The van der Waals surface area contributed by atoms with Crippen molar-refractivity contribution in [3.63, 3.8) is 0 Å². The fourth-order valence-corrected chi connectivity index (χ4v) is 3.63. The smallest absolute Gasteiger partial charge is 0.121 e. The molecule has 3 heteroatoms. The summed E-state index contributed by atoms with van der Waals surface area (Å²) in [4.78, 5) is 0.370. The minimum atomic E-state index is 0.370. The largest absolute Gasteiger partial charge is 0.496 e. The van der Waals surface area contributed by atoms with Crippen LogP contribution < -0.4 is 4.74 Å². The van der Waals surface area contributed by atoms with E-state index < -0.39 is 0 Å². The van der Waals surface area contributed by atoms with Crippen LogP contribution in [-0.2, 0) is 4.74 Å². The number of alkyl halides is 1. The maximum Gasteiger partial charge on any atom is 0.121 e. The second-order valence-corrected chi connectivity index (χ2v) is 5.89. The van der Waals surface area contributed by atoms with Crippen LogP contribution in [0, 0.1) is 12.8 Å². The summed E-state index contributed by atoms with van der Waals surface area (Å²) in [5, 5.41) is 0. The predicted molar refractivity (Wildman–Crippen MR) is 77.5 cm³/mol. The van der Waals surface area contributed by atoms with Gasteiger partial charge in [-0.3, -0.25) is 0 Å². The van der Waals surface area contributed by atoms with Gasteiger partial charge in [0.1, 0.15) is 5.75 Å². The van der Waals surface area contributed by atoms with Gasteiger partial charge in [0.05, 0.1) is 13.2 Å². The Kier molecular flexibility index (Phi) is 4.68. The van der Waals surface area contributed by atoms with E-state index in [4.69, 9.17) is 9.47 Å². The van der Waals surface area contributed by atoms with Gasteiger partial charge in [0.25, 0.3) is 0 Å². The van der Waals surface area contributed by atoms with E-state index in [1.807, 2.05) is 0 Å². The van der Waals surface area contributed by atoms with E-state index in [9.17, 15) is 0 Å². The molecule has 2 rings (SSSR count). The molecule has 1 aromatic rings. The van der Waals surface area contributed by atoms with Crippen molar-refractivity contribution >= 4 is 15.9 Å². The summed E-state index contributed by atoms with van der Waals surface area (Å²) in [6.07, 6.45) is 2.61. The topological polar surface area (TPSA) is 18.5 Å². The monoisotopic (exact) mass is 312 g/mol. The number of rotatable bonds is 4. The number of hydrogen-bond donors (Lipinski definition) is 0. The third kappa shape index (κ3) is 2.72. The minimum absolute atomic E-state index is 0.370. The molecule has 3 unspecified atom stereocenters. The third-order valence-corrected chi connectivity index (χ3v) is 4.98. The van der Waals surface area contributed by atoms with Gasteiger partial charge >= 0.3 is 0 Å². The summed E-state index contributed by atoms with van der Waals surface area (Å²) in [6, 6.07) is 6.41. The zero-order valence-electron chi connectivity index (χ0n) is 11.3. The molecule has 18 heavy (non-hydrogen) atoms. The van der Waals surface area contributed by atoms with Crippen LogP contribution in [0.4, 0.5) is 0 Å². The molecule has 3 atom stereocenters. The molecule has 1 aromatic carbocycles. The summed E-state index contributed by atoms with van der Waals surface area (Å²) in [6.45, 7) is 5.17. The van der Waals surface area contributed by atoms with Crippen LogP contribution in [0.5, 0.6) is 5.75 Å². The van der Waals surface area contributed by atoms with E-state index in [0.717, 1.165) is 25.2 Å². The molecule has 1 saturated heterocycles. The van der Waals surface area contributed by atoms with E-state index in [1.165, 1.54) is 11.1 Å². The molecule has 2 nitrogen and oxygen atoms in total. The highest BCUT2D eigenvalue weighted by atomic mass is 79.9. The lowest BCUT2D eigenvalue weighted by atomic mass is 9.91. The summed E-state index contributed by atoms with van der Waals surface area (Å²) < 4.78 is 11.1. The number of benzene rings is 1. The molecule has 0 saturated carbocycles. The first-order valence-electron chi connectivity index (χ1n) is 6.57. The van der Waals surface area contributed by atoms with Crippen molar-refractivity contribution in [2.75, 3.05) is 13.7 Å². The van der Waals surface area contributed by atoms with E-state index in [1.54, 1.807) is 7.11 Å². The lowest BCUT2D eigenvalue weighted by Crippen LogP contribution is -2.19. The van der Waals surface area contributed by atoms with Crippen molar-refractivity contribution in [1.82, 2.24) is 0 Å². The Morgan fingerprint density at radius 1 is 1.50 bits per heavy atom. The summed E-state index contributed by atoms with van der Waals surface area (Å²) in [7, 11) is 1.71. The lowest BCUT2D eigenvalue weighted by Gasteiger charge is -2.23. The first kappa shape index (κ1) is 13.9. The SMILES string of the molecule is CCC1OCCC1C(Br)c1ccc(OC)c(C)c1. The zero-order valence-corrected chi connectivity index (χ0v) is 12.9. The Morgan fingerprint density at radius 2 is 2.28 bits per heavy atom. The quantitative estimate of drug-likeness (QED) is 0.774. The second kappa shape index (κ2) is 6.07. The van der Waals surface area contributed by atoms with Crippen molar-refractivity contribution in [1.29, 1.82) is 0 Å². The summed E-state index contributed by atoms with van der Waals surface area (Å²) in [5.41, 5.74) is 2.51. The standard InChI is InChI=1S/C15H21BrO2/c1-4-13-12(7-8-18-13)15(16)11-5-6-14(17-3)10(2)9-11/h5-6,9,12-13,15H,4,7-8H2,1-3H3. The van der Waals surface area contributed by atoms with E-state index >= 15 is 0 Å². The average Bonchev–Trinajstić information content (AvgIpc) is 2.86. The van der Waals surface area contributed by atoms with Crippen molar-refractivity contribution in [3.05, 3.63) is 29.3 Å². The van der Waals surface area contributed by atoms with Crippen LogP contribution in [-0.4, -0.2) is 19.8 Å². The molecule has 0 radical (unpaired) electrons. The van der Waals surface area contributed by atoms with Crippen LogP contribution >= 0.6 is 15.9 Å². The fraction of sp³-hybridized carbons (Fsp3) is 0.600. The van der Waals surface area contributed by atoms with Crippen molar-refractivity contribution in [2.45, 2.75) is 37.6 Å². The number of hydrogen-bond acceptors (Lipinski definition) is 2. The van der Waals surface area contributed by atoms with Crippen LogP contribution in [0.15, 0.2) is 18.2 Å². The molecule has 0 bridgehead atoms. The Bertz CT molecular complexity index is 405. The Morgan fingerprint density at radius 3 is 2.89 bits per heavy atom. The van der Waals surface area contributed by atoms with Gasteiger partial charge in [-0.2, -0.15) is 0 Å². The maximum atomic E-state index is 5.78. The molecular formula is C15H21BrO2. The fourth-order valence-electron chi connectivity index (χ4n) is 2.74. The number of halogens is 1. The minimum Gasteiger partial charge on any atom is -0.496 e. The normalized spacial score (nSPS) is 25.1. The molecular weight excluding hydrogens is 292 g/mol. The highest BCUT2D eigenvalue weighted by molar-refractivity contribution is 9.09. The van der Waals surface area contributed by atoms with Crippen molar-refractivity contribution in [2.24, 2.45) is 5.92 Å². The molecule has 0 aromatic heterocycles. The van der Waals surface area contributed by atoms with Crippen LogP contribution in [0.25, 0.3) is 0 Å². The first-order valence-corrected chi connectivity index (χ1v) is 7.49. The molecule has 100 valence electrons. The van der Waals surface area contributed by atoms with Crippen molar-refractivity contribution < 1.29 is 9.47 Å². The van der Waals surface area contributed by atoms with Crippen LogP contribution in [0.3, 0.4) is 0 Å². The van der Waals surface area contributed by atoms with E-state index in [0.29, 0.717) is 16.8 Å². The van der Waals surface area contributed by atoms with Gasteiger partial charge in [0.15, 0.2) is 0 Å². The Balaban J connectivity index is 2.18. The number of aryl methyl sites for hydroxylation is 1. The van der Waals surface area contributed by atoms with Gasteiger partial charge in [-0.15, -0.1) is 0 Å².